The van der Waals surface area contributed by atoms with Crippen LogP contribution in [0.15, 0.2) is 18.2 Å². The van der Waals surface area contributed by atoms with Gasteiger partial charge in [0.15, 0.2) is 11.5 Å². The standard InChI is InChI=1S/C11H14N2O2/c1-8(5-12)6-13-7-9-2-3-10(14)11(15)4-9/h2-4,8,13-15H,6-7H2,1H3. The average molecular weight is 206 g/mol. The molecule has 80 valence electrons. The Bertz CT molecular complexity index is 371. The molecule has 4 nitrogen and oxygen atoms in total. The van der Waals surface area contributed by atoms with Gasteiger partial charge >= 0.3 is 0 Å². The Kier molecular flexibility index (Phi) is 3.95. The predicted molar refractivity (Wildman–Crippen MR) is 56.3 cm³/mol. The lowest BCUT2D eigenvalue weighted by molar-refractivity contribution is 0.403. The van der Waals surface area contributed by atoms with Crippen molar-refractivity contribution in [3.63, 3.8) is 0 Å². The van der Waals surface area contributed by atoms with Gasteiger partial charge in [0, 0.05) is 13.1 Å². The van der Waals surface area contributed by atoms with E-state index in [9.17, 15) is 5.11 Å². The minimum atomic E-state index is -0.123. The van der Waals surface area contributed by atoms with Gasteiger partial charge in [0.1, 0.15) is 0 Å². The lowest BCUT2D eigenvalue weighted by Gasteiger charge is -2.06. The fourth-order valence-corrected chi connectivity index (χ4v) is 1.16. The van der Waals surface area contributed by atoms with Gasteiger partial charge in [0.2, 0.25) is 0 Å². The molecule has 3 N–H and O–H groups in total. The summed E-state index contributed by atoms with van der Waals surface area (Å²) in [4.78, 5) is 0. The third-order valence-electron chi connectivity index (χ3n) is 2.04. The van der Waals surface area contributed by atoms with Crippen molar-refractivity contribution in [1.29, 1.82) is 5.26 Å². The molecule has 0 aliphatic heterocycles. The fraction of sp³-hybridized carbons (Fsp3) is 0.364. The summed E-state index contributed by atoms with van der Waals surface area (Å²) in [5.41, 5.74) is 0.871. The normalized spacial score (nSPS) is 12.0. The zero-order valence-corrected chi connectivity index (χ0v) is 8.57. The molecule has 1 rings (SSSR count). The topological polar surface area (TPSA) is 76.3 Å². The van der Waals surface area contributed by atoms with Crippen molar-refractivity contribution >= 4 is 0 Å². The first-order valence-corrected chi connectivity index (χ1v) is 4.74. The molecule has 0 bridgehead atoms. The minimum Gasteiger partial charge on any atom is -0.504 e. The molecule has 1 aromatic rings. The first-order chi connectivity index (χ1) is 7.13. The minimum absolute atomic E-state index is 0.0317. The molecule has 4 heteroatoms. The zero-order valence-electron chi connectivity index (χ0n) is 8.57. The molecule has 1 unspecified atom stereocenters. The molecule has 1 aromatic carbocycles. The Labute approximate surface area is 88.8 Å². The van der Waals surface area contributed by atoms with Crippen LogP contribution < -0.4 is 5.32 Å². The molecule has 0 heterocycles. The maximum Gasteiger partial charge on any atom is 0.157 e. The number of nitrogens with zero attached hydrogens (tertiary/aromatic N) is 1. The maximum atomic E-state index is 9.22. The molecule has 0 radical (unpaired) electrons. The summed E-state index contributed by atoms with van der Waals surface area (Å²) < 4.78 is 0. The van der Waals surface area contributed by atoms with Crippen LogP contribution in [0.25, 0.3) is 0 Å². The van der Waals surface area contributed by atoms with E-state index >= 15 is 0 Å². The molecule has 0 aliphatic rings. The van der Waals surface area contributed by atoms with E-state index in [-0.39, 0.29) is 17.4 Å². The molecule has 0 amide bonds. The second kappa shape index (κ2) is 5.23. The van der Waals surface area contributed by atoms with Crippen LogP contribution in [-0.2, 0) is 6.54 Å². The Hall–Kier alpha value is -1.73. The Balaban J connectivity index is 2.45. The van der Waals surface area contributed by atoms with Crippen LogP contribution in [0.1, 0.15) is 12.5 Å². The van der Waals surface area contributed by atoms with Crippen molar-refractivity contribution in [3.8, 4) is 17.6 Å². The van der Waals surface area contributed by atoms with E-state index in [1.165, 1.54) is 12.1 Å². The molecular weight excluding hydrogens is 192 g/mol. The van der Waals surface area contributed by atoms with E-state index < -0.39 is 0 Å². The van der Waals surface area contributed by atoms with Crippen LogP contribution in [-0.4, -0.2) is 16.8 Å². The van der Waals surface area contributed by atoms with Crippen molar-refractivity contribution in [2.24, 2.45) is 5.92 Å². The highest BCUT2D eigenvalue weighted by atomic mass is 16.3. The zero-order chi connectivity index (χ0) is 11.3. The lowest BCUT2D eigenvalue weighted by Crippen LogP contribution is -2.19. The SMILES string of the molecule is CC(C#N)CNCc1ccc(O)c(O)c1. The summed E-state index contributed by atoms with van der Waals surface area (Å²) in [6.07, 6.45) is 0. The van der Waals surface area contributed by atoms with Gasteiger partial charge in [-0.05, 0) is 24.6 Å². The molecule has 0 aliphatic carbocycles. The first-order valence-electron chi connectivity index (χ1n) is 4.74. The predicted octanol–water partition coefficient (Wildman–Crippen LogP) is 1.35. The van der Waals surface area contributed by atoms with Crippen molar-refractivity contribution in [1.82, 2.24) is 5.32 Å². The summed E-state index contributed by atoms with van der Waals surface area (Å²) in [7, 11) is 0. The number of benzene rings is 1. The molecular formula is C11H14N2O2. The Morgan fingerprint density at radius 3 is 2.73 bits per heavy atom. The van der Waals surface area contributed by atoms with Crippen molar-refractivity contribution in [2.75, 3.05) is 6.54 Å². The number of hydrogen-bond donors (Lipinski definition) is 3. The number of rotatable bonds is 4. The number of aromatic hydroxyl groups is 2. The van der Waals surface area contributed by atoms with Gasteiger partial charge < -0.3 is 15.5 Å². The van der Waals surface area contributed by atoms with Crippen LogP contribution in [0.5, 0.6) is 11.5 Å². The quantitative estimate of drug-likeness (QED) is 0.650. The van der Waals surface area contributed by atoms with E-state index in [2.05, 4.69) is 11.4 Å². The highest BCUT2D eigenvalue weighted by molar-refractivity contribution is 5.40. The second-order valence-corrected chi connectivity index (χ2v) is 3.48. The fourth-order valence-electron chi connectivity index (χ4n) is 1.16. The molecule has 0 saturated heterocycles. The number of nitrogens with one attached hydrogen (secondary N) is 1. The van der Waals surface area contributed by atoms with Crippen molar-refractivity contribution in [3.05, 3.63) is 23.8 Å². The monoisotopic (exact) mass is 206 g/mol. The van der Waals surface area contributed by atoms with Crippen molar-refractivity contribution in [2.45, 2.75) is 13.5 Å². The molecule has 0 saturated carbocycles. The lowest BCUT2D eigenvalue weighted by atomic mass is 10.2. The third-order valence-corrected chi connectivity index (χ3v) is 2.04. The highest BCUT2D eigenvalue weighted by Gasteiger charge is 2.01. The van der Waals surface area contributed by atoms with E-state index in [1.807, 2.05) is 6.92 Å². The van der Waals surface area contributed by atoms with Gasteiger partial charge in [-0.1, -0.05) is 6.07 Å². The third kappa shape index (κ3) is 3.49. The molecule has 1 atom stereocenters. The largest absolute Gasteiger partial charge is 0.504 e. The van der Waals surface area contributed by atoms with Crippen molar-refractivity contribution < 1.29 is 10.2 Å². The maximum absolute atomic E-state index is 9.22. The van der Waals surface area contributed by atoms with Crippen LogP contribution in [0.3, 0.4) is 0 Å². The van der Waals surface area contributed by atoms with Gasteiger partial charge in [0.05, 0.1) is 12.0 Å². The average Bonchev–Trinajstić information content (AvgIpc) is 2.23. The van der Waals surface area contributed by atoms with E-state index in [4.69, 9.17) is 10.4 Å². The molecule has 0 fully saturated rings. The molecule has 0 aromatic heterocycles. The summed E-state index contributed by atoms with van der Waals surface area (Å²) in [5, 5.41) is 29.9. The number of phenols is 2. The summed E-state index contributed by atoms with van der Waals surface area (Å²) in [5.74, 6) is -0.275. The van der Waals surface area contributed by atoms with Crippen LogP contribution in [0.4, 0.5) is 0 Å². The van der Waals surface area contributed by atoms with Crippen LogP contribution in [0, 0.1) is 17.2 Å². The van der Waals surface area contributed by atoms with E-state index in [0.717, 1.165) is 5.56 Å². The van der Waals surface area contributed by atoms with Gasteiger partial charge in [0.25, 0.3) is 0 Å². The van der Waals surface area contributed by atoms with E-state index in [1.54, 1.807) is 6.07 Å². The smallest absolute Gasteiger partial charge is 0.157 e. The first kappa shape index (κ1) is 11.3. The van der Waals surface area contributed by atoms with Gasteiger partial charge in [-0.3, -0.25) is 0 Å². The van der Waals surface area contributed by atoms with E-state index in [0.29, 0.717) is 13.1 Å². The second-order valence-electron chi connectivity index (χ2n) is 3.48. The number of hydrogen-bond acceptors (Lipinski definition) is 4. The Morgan fingerprint density at radius 2 is 2.13 bits per heavy atom. The number of nitriles is 1. The summed E-state index contributed by atoms with van der Waals surface area (Å²) in [6, 6.07) is 6.79. The summed E-state index contributed by atoms with van der Waals surface area (Å²) >= 11 is 0. The molecule has 0 spiro atoms. The van der Waals surface area contributed by atoms with Gasteiger partial charge in [-0.2, -0.15) is 5.26 Å². The molecule has 15 heavy (non-hydrogen) atoms. The van der Waals surface area contributed by atoms with Gasteiger partial charge in [-0.15, -0.1) is 0 Å². The summed E-state index contributed by atoms with van der Waals surface area (Å²) in [6.45, 7) is 3.01. The number of phenolic OH excluding ortho intramolecular Hbond substituents is 2. The highest BCUT2D eigenvalue weighted by Crippen LogP contribution is 2.24. The van der Waals surface area contributed by atoms with Gasteiger partial charge in [-0.25, -0.2) is 0 Å². The van der Waals surface area contributed by atoms with Crippen LogP contribution >= 0.6 is 0 Å². The van der Waals surface area contributed by atoms with Crippen LogP contribution in [0.2, 0.25) is 0 Å². The Morgan fingerprint density at radius 1 is 1.40 bits per heavy atom.